The first-order valence-electron chi connectivity index (χ1n) is 7.94. The monoisotopic (exact) mass is 309 g/mol. The molecule has 0 bridgehead atoms. The molecule has 0 saturated carbocycles. The van der Waals surface area contributed by atoms with Crippen LogP contribution in [0.25, 0.3) is 10.9 Å². The quantitative estimate of drug-likeness (QED) is 0.696. The normalized spacial score (nSPS) is 18.2. The average molecular weight is 309 g/mol. The van der Waals surface area contributed by atoms with Gasteiger partial charge < -0.3 is 15.6 Å². The fourth-order valence-electron chi connectivity index (χ4n) is 3.10. The highest BCUT2D eigenvalue weighted by Gasteiger charge is 2.18. The molecule has 118 valence electrons. The number of H-pyrrole nitrogens is 1. The summed E-state index contributed by atoms with van der Waals surface area (Å²) in [6.07, 6.45) is 5.99. The van der Waals surface area contributed by atoms with Crippen molar-refractivity contribution in [1.82, 2.24) is 20.1 Å². The molecule has 1 saturated heterocycles. The first-order chi connectivity index (χ1) is 11.3. The first-order valence-corrected chi connectivity index (χ1v) is 7.94. The minimum absolute atomic E-state index is 0.179. The summed E-state index contributed by atoms with van der Waals surface area (Å²) in [5, 5.41) is 11.8. The van der Waals surface area contributed by atoms with Crippen LogP contribution in [0.15, 0.2) is 42.7 Å². The number of benzene rings is 1. The van der Waals surface area contributed by atoms with Crippen LogP contribution in [0.5, 0.6) is 0 Å². The van der Waals surface area contributed by atoms with Crippen LogP contribution in [-0.2, 0) is 0 Å². The van der Waals surface area contributed by atoms with Crippen molar-refractivity contribution < 1.29 is 4.79 Å². The van der Waals surface area contributed by atoms with Gasteiger partial charge in [0.2, 0.25) is 0 Å². The molecule has 1 aromatic carbocycles. The third-order valence-corrected chi connectivity index (χ3v) is 4.33. The van der Waals surface area contributed by atoms with Crippen LogP contribution in [0, 0.1) is 0 Å². The Bertz CT molecular complexity index is 828. The smallest absolute Gasteiger partial charge is 0.276 e. The van der Waals surface area contributed by atoms with Gasteiger partial charge in [0.05, 0.1) is 11.7 Å². The van der Waals surface area contributed by atoms with Gasteiger partial charge in [0.1, 0.15) is 0 Å². The second kappa shape index (κ2) is 5.89. The standard InChI is InChI=1S/C17H19N5O/c23-17(20-15-5-1-4-14-13(15)6-9-19-14)16-7-10-22(21-16)12-3-2-8-18-11-12/h1,4-7,9-10,12,18-19H,2-3,8,11H2,(H,20,23). The Morgan fingerprint density at radius 2 is 2.26 bits per heavy atom. The summed E-state index contributed by atoms with van der Waals surface area (Å²) in [6, 6.07) is 9.86. The van der Waals surface area contributed by atoms with E-state index in [0.29, 0.717) is 11.7 Å². The number of aromatic nitrogens is 3. The van der Waals surface area contributed by atoms with Gasteiger partial charge in [0, 0.05) is 29.8 Å². The van der Waals surface area contributed by atoms with Gasteiger partial charge >= 0.3 is 0 Å². The van der Waals surface area contributed by atoms with Crippen LogP contribution < -0.4 is 10.6 Å². The summed E-state index contributed by atoms with van der Waals surface area (Å²) >= 11 is 0. The summed E-state index contributed by atoms with van der Waals surface area (Å²) in [5.41, 5.74) is 2.24. The summed E-state index contributed by atoms with van der Waals surface area (Å²) in [5.74, 6) is -0.179. The van der Waals surface area contributed by atoms with E-state index < -0.39 is 0 Å². The molecule has 1 amide bonds. The Kier molecular flexibility index (Phi) is 3.59. The van der Waals surface area contributed by atoms with E-state index in [-0.39, 0.29) is 5.91 Å². The lowest BCUT2D eigenvalue weighted by Crippen LogP contribution is -2.32. The highest BCUT2D eigenvalue weighted by Crippen LogP contribution is 2.23. The lowest BCUT2D eigenvalue weighted by atomic mass is 10.1. The highest BCUT2D eigenvalue weighted by atomic mass is 16.1. The zero-order valence-corrected chi connectivity index (χ0v) is 12.7. The molecule has 3 aromatic rings. The Labute approximate surface area is 133 Å². The number of carbonyl (C=O) groups excluding carboxylic acids is 1. The van der Waals surface area contributed by atoms with Crippen molar-refractivity contribution in [2.45, 2.75) is 18.9 Å². The molecule has 1 aliphatic heterocycles. The number of amides is 1. The minimum Gasteiger partial charge on any atom is -0.361 e. The number of hydrogen-bond acceptors (Lipinski definition) is 3. The average Bonchev–Trinajstić information content (AvgIpc) is 3.25. The maximum absolute atomic E-state index is 12.5. The summed E-state index contributed by atoms with van der Waals surface area (Å²) in [6.45, 7) is 1.97. The molecule has 0 aliphatic carbocycles. The molecule has 1 unspecified atom stereocenters. The van der Waals surface area contributed by atoms with Crippen LogP contribution >= 0.6 is 0 Å². The van der Waals surface area contributed by atoms with Crippen LogP contribution in [-0.4, -0.2) is 33.8 Å². The van der Waals surface area contributed by atoms with Gasteiger partial charge in [-0.1, -0.05) is 6.07 Å². The molecule has 1 fully saturated rings. The lowest BCUT2D eigenvalue weighted by molar-refractivity contribution is 0.102. The van der Waals surface area contributed by atoms with E-state index in [1.807, 2.05) is 41.3 Å². The van der Waals surface area contributed by atoms with Gasteiger partial charge in [0.15, 0.2) is 5.69 Å². The van der Waals surface area contributed by atoms with Gasteiger partial charge in [-0.2, -0.15) is 5.10 Å². The summed E-state index contributed by atoms with van der Waals surface area (Å²) in [4.78, 5) is 15.6. The summed E-state index contributed by atoms with van der Waals surface area (Å²) < 4.78 is 1.90. The molecule has 6 heteroatoms. The molecule has 3 N–H and O–H groups in total. The van der Waals surface area contributed by atoms with Crippen molar-refractivity contribution in [2.75, 3.05) is 18.4 Å². The van der Waals surface area contributed by atoms with Crippen molar-refractivity contribution in [3.05, 3.63) is 48.4 Å². The van der Waals surface area contributed by atoms with E-state index in [2.05, 4.69) is 20.7 Å². The number of carbonyl (C=O) groups is 1. The Balaban J connectivity index is 1.53. The fourth-order valence-corrected chi connectivity index (χ4v) is 3.10. The number of fused-ring (bicyclic) bond motifs is 1. The predicted octanol–water partition coefficient (Wildman–Crippen LogP) is 2.54. The number of anilines is 1. The van der Waals surface area contributed by atoms with E-state index in [9.17, 15) is 4.79 Å². The Morgan fingerprint density at radius 3 is 3.13 bits per heavy atom. The number of nitrogens with zero attached hydrogens (tertiary/aromatic N) is 2. The fraction of sp³-hybridized carbons (Fsp3) is 0.294. The van der Waals surface area contributed by atoms with Crippen molar-refractivity contribution >= 4 is 22.5 Å². The van der Waals surface area contributed by atoms with Crippen molar-refractivity contribution in [3.63, 3.8) is 0 Å². The number of piperidine rings is 1. The second-order valence-electron chi connectivity index (χ2n) is 5.88. The van der Waals surface area contributed by atoms with Crippen LogP contribution in [0.3, 0.4) is 0 Å². The first kappa shape index (κ1) is 14.0. The SMILES string of the molecule is O=C(Nc1cccc2[nH]ccc12)c1ccn(C2CCCNC2)n1. The van der Waals surface area contributed by atoms with Crippen LogP contribution in [0.2, 0.25) is 0 Å². The van der Waals surface area contributed by atoms with Gasteiger partial charge in [-0.05, 0) is 43.7 Å². The molecular formula is C17H19N5O. The Morgan fingerprint density at radius 1 is 1.30 bits per heavy atom. The lowest BCUT2D eigenvalue weighted by Gasteiger charge is -2.22. The maximum Gasteiger partial charge on any atom is 0.276 e. The van der Waals surface area contributed by atoms with E-state index in [1.165, 1.54) is 0 Å². The molecular weight excluding hydrogens is 290 g/mol. The predicted molar refractivity (Wildman–Crippen MR) is 89.6 cm³/mol. The highest BCUT2D eigenvalue weighted by molar-refractivity contribution is 6.07. The molecule has 1 atom stereocenters. The Hall–Kier alpha value is -2.60. The largest absolute Gasteiger partial charge is 0.361 e. The van der Waals surface area contributed by atoms with Crippen molar-refractivity contribution in [3.8, 4) is 0 Å². The molecule has 4 rings (SSSR count). The zero-order valence-electron chi connectivity index (χ0n) is 12.7. The molecule has 0 spiro atoms. The van der Waals surface area contributed by atoms with Gasteiger partial charge in [-0.15, -0.1) is 0 Å². The third-order valence-electron chi connectivity index (χ3n) is 4.33. The molecule has 2 aromatic heterocycles. The van der Waals surface area contributed by atoms with Gasteiger partial charge in [-0.3, -0.25) is 9.48 Å². The number of hydrogen-bond donors (Lipinski definition) is 3. The number of rotatable bonds is 3. The molecule has 23 heavy (non-hydrogen) atoms. The van der Waals surface area contributed by atoms with E-state index >= 15 is 0 Å². The van der Waals surface area contributed by atoms with Gasteiger partial charge in [-0.25, -0.2) is 0 Å². The number of aromatic amines is 1. The van der Waals surface area contributed by atoms with Crippen molar-refractivity contribution in [1.29, 1.82) is 0 Å². The van der Waals surface area contributed by atoms with Crippen molar-refractivity contribution in [2.24, 2.45) is 0 Å². The molecule has 6 nitrogen and oxygen atoms in total. The van der Waals surface area contributed by atoms with Crippen LogP contribution in [0.1, 0.15) is 29.4 Å². The minimum atomic E-state index is -0.179. The number of nitrogens with one attached hydrogen (secondary N) is 3. The van der Waals surface area contributed by atoms with E-state index in [1.54, 1.807) is 6.07 Å². The van der Waals surface area contributed by atoms with Crippen LogP contribution in [0.4, 0.5) is 5.69 Å². The van der Waals surface area contributed by atoms with Gasteiger partial charge in [0.25, 0.3) is 5.91 Å². The topological polar surface area (TPSA) is 74.7 Å². The summed E-state index contributed by atoms with van der Waals surface area (Å²) in [7, 11) is 0. The third kappa shape index (κ3) is 2.73. The molecule has 3 heterocycles. The maximum atomic E-state index is 12.5. The van der Waals surface area contributed by atoms with E-state index in [0.717, 1.165) is 42.5 Å². The molecule has 0 radical (unpaired) electrons. The van der Waals surface area contributed by atoms with E-state index in [4.69, 9.17) is 0 Å². The second-order valence-corrected chi connectivity index (χ2v) is 5.88. The zero-order chi connectivity index (χ0) is 15.6. The molecule has 1 aliphatic rings.